The van der Waals surface area contributed by atoms with E-state index in [1.54, 1.807) is 0 Å². The maximum Gasteiger partial charge on any atom is 0.143 e. The number of benzene rings is 8. The Morgan fingerprint density at radius 1 is 0.333 bits per heavy atom. The molecule has 48 heavy (non-hydrogen) atoms. The fourth-order valence-corrected chi connectivity index (χ4v) is 7.02. The van der Waals surface area contributed by atoms with Gasteiger partial charge in [0.25, 0.3) is 0 Å². The Hall–Kier alpha value is -6.38. The average molecular weight is 614 g/mol. The molecule has 0 bridgehead atoms. The molecule has 0 saturated heterocycles. The Morgan fingerprint density at radius 2 is 0.875 bits per heavy atom. The molecule has 0 atom stereocenters. The second kappa shape index (κ2) is 11.8. The molecule has 0 fully saturated rings. The van der Waals surface area contributed by atoms with Gasteiger partial charge >= 0.3 is 0 Å². The predicted octanol–water partition coefficient (Wildman–Crippen LogP) is 13.2. The summed E-state index contributed by atoms with van der Waals surface area (Å²) in [5.41, 5.74) is 12.1. The highest BCUT2D eigenvalue weighted by Gasteiger charge is 2.18. The van der Waals surface area contributed by atoms with Crippen molar-refractivity contribution in [3.8, 4) is 33.4 Å². The Kier molecular flexibility index (Phi) is 6.84. The van der Waals surface area contributed by atoms with Crippen LogP contribution >= 0.6 is 0 Å². The van der Waals surface area contributed by atoms with Gasteiger partial charge in [0.2, 0.25) is 0 Å². The number of furan rings is 1. The number of anilines is 3. The minimum Gasteiger partial charge on any atom is -0.455 e. The molecule has 1 heterocycles. The van der Waals surface area contributed by atoms with E-state index in [-0.39, 0.29) is 0 Å². The zero-order chi connectivity index (χ0) is 31.9. The van der Waals surface area contributed by atoms with Gasteiger partial charge in [0.1, 0.15) is 11.2 Å². The van der Waals surface area contributed by atoms with Gasteiger partial charge < -0.3 is 9.32 Å². The Balaban J connectivity index is 1.16. The normalized spacial score (nSPS) is 11.3. The van der Waals surface area contributed by atoms with E-state index in [1.165, 1.54) is 33.0 Å². The summed E-state index contributed by atoms with van der Waals surface area (Å²) >= 11 is 0. The van der Waals surface area contributed by atoms with E-state index in [1.807, 2.05) is 0 Å². The fourth-order valence-electron chi connectivity index (χ4n) is 7.02. The molecule has 0 aliphatic rings. The third-order valence-corrected chi connectivity index (χ3v) is 9.25. The first-order chi connectivity index (χ1) is 23.8. The summed E-state index contributed by atoms with van der Waals surface area (Å²) in [5, 5.41) is 4.72. The highest BCUT2D eigenvalue weighted by atomic mass is 16.3. The average Bonchev–Trinajstić information content (AvgIpc) is 3.55. The number of hydrogen-bond acceptors (Lipinski definition) is 2. The van der Waals surface area contributed by atoms with Crippen LogP contribution in [0.3, 0.4) is 0 Å². The maximum absolute atomic E-state index is 6.77. The van der Waals surface area contributed by atoms with Crippen LogP contribution in [-0.4, -0.2) is 0 Å². The van der Waals surface area contributed by atoms with Crippen LogP contribution in [0.5, 0.6) is 0 Å². The van der Waals surface area contributed by atoms with Crippen LogP contribution in [0.1, 0.15) is 0 Å². The van der Waals surface area contributed by atoms with Gasteiger partial charge in [-0.1, -0.05) is 146 Å². The van der Waals surface area contributed by atoms with E-state index in [9.17, 15) is 0 Å². The highest BCUT2D eigenvalue weighted by Crippen LogP contribution is 2.43. The van der Waals surface area contributed by atoms with Crippen molar-refractivity contribution in [2.45, 2.75) is 0 Å². The van der Waals surface area contributed by atoms with Crippen molar-refractivity contribution >= 4 is 49.8 Å². The van der Waals surface area contributed by atoms with Gasteiger partial charge in [-0.05, 0) is 81.1 Å². The molecule has 0 saturated carbocycles. The lowest BCUT2D eigenvalue weighted by atomic mass is 9.94. The molecule has 1 aromatic heterocycles. The van der Waals surface area contributed by atoms with E-state index in [0.717, 1.165) is 50.1 Å². The van der Waals surface area contributed by atoms with Crippen molar-refractivity contribution in [2.24, 2.45) is 0 Å². The monoisotopic (exact) mass is 613 g/mol. The molecule has 2 heteroatoms. The summed E-state index contributed by atoms with van der Waals surface area (Å²) in [4.78, 5) is 2.31. The molecule has 0 amide bonds. The van der Waals surface area contributed by atoms with Crippen molar-refractivity contribution in [2.75, 3.05) is 4.90 Å². The number of rotatable bonds is 6. The SMILES string of the molecule is c1ccc(-c2cccc(N(c3ccccc3)c3ccc(-c4cccc5c4oc4cc(-c6ccccc6)c6ccccc6c45)cc3)c2)cc1. The summed E-state index contributed by atoms with van der Waals surface area (Å²) in [5.74, 6) is 0. The first-order valence-electron chi connectivity index (χ1n) is 16.4. The minimum absolute atomic E-state index is 0.903. The largest absolute Gasteiger partial charge is 0.455 e. The number of hydrogen-bond donors (Lipinski definition) is 0. The van der Waals surface area contributed by atoms with E-state index >= 15 is 0 Å². The molecule has 2 nitrogen and oxygen atoms in total. The van der Waals surface area contributed by atoms with E-state index in [0.29, 0.717) is 0 Å². The lowest BCUT2D eigenvalue weighted by Crippen LogP contribution is -2.09. The zero-order valence-corrected chi connectivity index (χ0v) is 26.3. The Morgan fingerprint density at radius 3 is 1.62 bits per heavy atom. The smallest absolute Gasteiger partial charge is 0.143 e. The van der Waals surface area contributed by atoms with Crippen LogP contribution in [-0.2, 0) is 0 Å². The summed E-state index contributed by atoms with van der Waals surface area (Å²) < 4.78 is 6.77. The van der Waals surface area contributed by atoms with Gasteiger partial charge in [-0.2, -0.15) is 0 Å². The molecular weight excluding hydrogens is 583 g/mol. The van der Waals surface area contributed by atoms with Gasteiger partial charge in [-0.3, -0.25) is 0 Å². The van der Waals surface area contributed by atoms with Crippen molar-refractivity contribution < 1.29 is 4.42 Å². The predicted molar refractivity (Wildman–Crippen MR) is 202 cm³/mol. The van der Waals surface area contributed by atoms with Crippen LogP contribution < -0.4 is 4.90 Å². The summed E-state index contributed by atoms with van der Waals surface area (Å²) in [7, 11) is 0. The standard InChI is InChI=1S/C46H31NO/c1-4-14-32(15-5-1)35-18-12-21-38(30-35)47(36-19-8-3-9-20-36)37-28-26-34(27-29-37)39-24-13-25-42-45-41-23-11-10-22-40(41)43(31-44(45)48-46(39)42)33-16-6-2-7-17-33/h1-31H. The molecule has 9 aromatic rings. The molecule has 0 aliphatic heterocycles. The molecule has 0 radical (unpaired) electrons. The van der Waals surface area contributed by atoms with Gasteiger partial charge in [0, 0.05) is 33.4 Å². The van der Waals surface area contributed by atoms with Gasteiger partial charge in [-0.25, -0.2) is 0 Å². The van der Waals surface area contributed by atoms with Crippen LogP contribution in [0.25, 0.3) is 66.1 Å². The highest BCUT2D eigenvalue weighted by molar-refractivity contribution is 6.23. The van der Waals surface area contributed by atoms with Crippen LogP contribution in [0.15, 0.2) is 192 Å². The fraction of sp³-hybridized carbons (Fsp3) is 0. The molecule has 0 spiro atoms. The van der Waals surface area contributed by atoms with Crippen LogP contribution in [0, 0.1) is 0 Å². The number of fused-ring (bicyclic) bond motifs is 5. The molecule has 8 aromatic carbocycles. The van der Waals surface area contributed by atoms with Crippen molar-refractivity contribution in [1.29, 1.82) is 0 Å². The quantitative estimate of drug-likeness (QED) is 0.185. The summed E-state index contributed by atoms with van der Waals surface area (Å²) in [6.07, 6.45) is 0. The third kappa shape index (κ3) is 4.83. The topological polar surface area (TPSA) is 16.4 Å². The summed E-state index contributed by atoms with van der Waals surface area (Å²) in [6.45, 7) is 0. The number of para-hydroxylation sites is 2. The Labute approximate surface area is 279 Å². The minimum atomic E-state index is 0.903. The summed E-state index contributed by atoms with van der Waals surface area (Å²) in [6, 6.07) is 66.6. The van der Waals surface area contributed by atoms with E-state index in [2.05, 4.69) is 193 Å². The lowest BCUT2D eigenvalue weighted by molar-refractivity contribution is 0.670. The molecule has 0 unspecified atom stereocenters. The van der Waals surface area contributed by atoms with E-state index in [4.69, 9.17) is 4.42 Å². The van der Waals surface area contributed by atoms with Crippen LogP contribution in [0.2, 0.25) is 0 Å². The lowest BCUT2D eigenvalue weighted by Gasteiger charge is -2.26. The molecular formula is C46H31NO. The molecule has 9 rings (SSSR count). The van der Waals surface area contributed by atoms with Gasteiger partial charge in [0.05, 0.1) is 0 Å². The van der Waals surface area contributed by atoms with Crippen molar-refractivity contribution in [3.05, 3.63) is 188 Å². The van der Waals surface area contributed by atoms with Crippen molar-refractivity contribution in [3.63, 3.8) is 0 Å². The second-order valence-corrected chi connectivity index (χ2v) is 12.1. The third-order valence-electron chi connectivity index (χ3n) is 9.25. The first kappa shape index (κ1) is 27.9. The van der Waals surface area contributed by atoms with Crippen LogP contribution in [0.4, 0.5) is 17.1 Å². The Bertz CT molecular complexity index is 2530. The molecule has 0 aliphatic carbocycles. The van der Waals surface area contributed by atoms with Crippen molar-refractivity contribution in [1.82, 2.24) is 0 Å². The number of nitrogens with zero attached hydrogens (tertiary/aromatic N) is 1. The molecule has 0 N–H and O–H groups in total. The first-order valence-corrected chi connectivity index (χ1v) is 16.4. The molecule has 226 valence electrons. The second-order valence-electron chi connectivity index (χ2n) is 12.1. The zero-order valence-electron chi connectivity index (χ0n) is 26.3. The maximum atomic E-state index is 6.77. The van der Waals surface area contributed by atoms with E-state index < -0.39 is 0 Å². The van der Waals surface area contributed by atoms with Gasteiger partial charge in [0.15, 0.2) is 0 Å². The van der Waals surface area contributed by atoms with Gasteiger partial charge in [-0.15, -0.1) is 0 Å².